The second kappa shape index (κ2) is 16.1. The van der Waals surface area contributed by atoms with E-state index in [4.69, 9.17) is 30.2 Å². The van der Waals surface area contributed by atoms with E-state index in [9.17, 15) is 9.59 Å². The van der Waals surface area contributed by atoms with Gasteiger partial charge >= 0.3 is 12.2 Å². The van der Waals surface area contributed by atoms with Gasteiger partial charge in [0.15, 0.2) is 11.4 Å². The highest BCUT2D eigenvalue weighted by molar-refractivity contribution is 6.28. The fourth-order valence-corrected chi connectivity index (χ4v) is 5.90. The van der Waals surface area contributed by atoms with E-state index in [1.807, 2.05) is 97.0 Å². The summed E-state index contributed by atoms with van der Waals surface area (Å²) in [5.41, 5.74) is 7.09. The van der Waals surface area contributed by atoms with Crippen molar-refractivity contribution in [1.29, 1.82) is 0 Å². The van der Waals surface area contributed by atoms with Gasteiger partial charge in [0.1, 0.15) is 28.4 Å². The van der Waals surface area contributed by atoms with Crippen LogP contribution >= 0.6 is 11.6 Å². The average Bonchev–Trinajstić information content (AvgIpc) is 3.99. The highest BCUT2D eigenvalue weighted by Gasteiger charge is 2.21. The van der Waals surface area contributed by atoms with Crippen molar-refractivity contribution in [3.05, 3.63) is 108 Å². The van der Waals surface area contributed by atoms with E-state index in [0.717, 1.165) is 50.7 Å². The third-order valence-corrected chi connectivity index (χ3v) is 8.42. The number of rotatable bonds is 6. The molecule has 1 aliphatic heterocycles. The molecule has 0 radical (unpaired) electrons. The van der Waals surface area contributed by atoms with Crippen LogP contribution in [-0.2, 0) is 27.4 Å². The topological polar surface area (TPSA) is 186 Å². The smallest absolute Gasteiger partial charge is 0.435 e. The van der Waals surface area contributed by atoms with Crippen LogP contribution in [0.4, 0.5) is 32.6 Å². The predicted molar refractivity (Wildman–Crippen MR) is 217 cm³/mol. The van der Waals surface area contributed by atoms with Gasteiger partial charge in [-0.3, -0.25) is 0 Å². The molecule has 0 amide bonds. The molecule has 1 aliphatic rings. The van der Waals surface area contributed by atoms with Crippen molar-refractivity contribution < 1.29 is 28.2 Å². The van der Waals surface area contributed by atoms with Crippen molar-refractivity contribution in [2.24, 2.45) is 0 Å². The molecule has 0 unspecified atom stereocenters. The number of aryl methyl sites for hydroxylation is 1. The van der Waals surface area contributed by atoms with Crippen LogP contribution in [0.2, 0.25) is 5.28 Å². The third kappa shape index (κ3) is 9.65. The molecule has 16 nitrogen and oxygen atoms in total. The monoisotopic (exact) mass is 804 g/mol. The maximum atomic E-state index is 12.1. The first kappa shape index (κ1) is 39.6. The lowest BCUT2D eigenvalue weighted by molar-refractivity contribution is 0.0503. The van der Waals surface area contributed by atoms with Gasteiger partial charge in [0.2, 0.25) is 5.28 Å². The SMILES string of the molecule is CC(C)(C)OC(=O)n1cc(-c2ccc(Nc3nc(Cl)nc4ccoc34)cc2)cn1.Cc1nc2c(c(Nc3ccc(-c4cnn(C(=O)OC(C)(C)C)c4)cc3)n1)COC2. The molecule has 58 heavy (non-hydrogen) atoms. The van der Waals surface area contributed by atoms with Crippen molar-refractivity contribution in [3.63, 3.8) is 0 Å². The summed E-state index contributed by atoms with van der Waals surface area (Å²) >= 11 is 5.97. The Kier molecular flexibility index (Phi) is 11.0. The minimum Gasteiger partial charge on any atom is -0.459 e. The molecule has 2 aromatic carbocycles. The second-order valence-corrected chi connectivity index (χ2v) is 15.6. The summed E-state index contributed by atoms with van der Waals surface area (Å²) in [5, 5.41) is 14.9. The zero-order chi connectivity index (χ0) is 41.2. The Bertz CT molecular complexity index is 2590. The molecule has 0 atom stereocenters. The molecule has 0 saturated heterocycles. The van der Waals surface area contributed by atoms with E-state index in [-0.39, 0.29) is 5.28 Å². The Morgan fingerprint density at radius 1 is 0.690 bits per heavy atom. The molecule has 5 aromatic heterocycles. The van der Waals surface area contributed by atoms with Crippen molar-refractivity contribution in [2.75, 3.05) is 10.6 Å². The Balaban J connectivity index is 0.000000177. The predicted octanol–water partition coefficient (Wildman–Crippen LogP) is 9.47. The molecular formula is C41H41ClN10O6. The Hall–Kier alpha value is -6.65. The van der Waals surface area contributed by atoms with Gasteiger partial charge in [-0.25, -0.2) is 24.5 Å². The molecule has 0 spiro atoms. The highest BCUT2D eigenvalue weighted by Crippen LogP contribution is 2.30. The lowest BCUT2D eigenvalue weighted by atomic mass is 10.1. The highest BCUT2D eigenvalue weighted by atomic mass is 35.5. The number of furan rings is 1. The van der Waals surface area contributed by atoms with E-state index in [2.05, 4.69) is 40.8 Å². The summed E-state index contributed by atoms with van der Waals surface area (Å²) in [5.74, 6) is 1.97. The zero-order valence-corrected chi connectivity index (χ0v) is 33.7. The molecule has 17 heteroatoms. The van der Waals surface area contributed by atoms with Gasteiger partial charge in [-0.1, -0.05) is 24.3 Å². The lowest BCUT2D eigenvalue weighted by Gasteiger charge is -2.18. The van der Waals surface area contributed by atoms with Crippen LogP contribution in [0.15, 0.2) is 90.1 Å². The Morgan fingerprint density at radius 3 is 1.76 bits per heavy atom. The second-order valence-electron chi connectivity index (χ2n) is 15.2. The number of ether oxygens (including phenoxy) is 3. The van der Waals surface area contributed by atoms with Crippen LogP contribution in [0.25, 0.3) is 33.4 Å². The minimum absolute atomic E-state index is 0.132. The van der Waals surface area contributed by atoms with Gasteiger partial charge < -0.3 is 29.3 Å². The number of aromatic nitrogens is 8. The van der Waals surface area contributed by atoms with Crippen molar-refractivity contribution in [3.8, 4) is 22.3 Å². The summed E-state index contributed by atoms with van der Waals surface area (Å²) in [4.78, 5) is 41.5. The number of halogens is 1. The number of hydrogen-bond donors (Lipinski definition) is 2. The molecule has 0 fully saturated rings. The fraction of sp³-hybridized carbons (Fsp3) is 0.268. The number of hydrogen-bond acceptors (Lipinski definition) is 14. The van der Waals surface area contributed by atoms with Crippen LogP contribution in [0, 0.1) is 6.92 Å². The van der Waals surface area contributed by atoms with Gasteiger partial charge in [0.25, 0.3) is 0 Å². The van der Waals surface area contributed by atoms with Crippen LogP contribution in [-0.4, -0.2) is 62.9 Å². The first-order chi connectivity index (χ1) is 27.6. The molecule has 0 aliphatic carbocycles. The first-order valence-corrected chi connectivity index (χ1v) is 18.6. The van der Waals surface area contributed by atoms with Crippen LogP contribution in [0.5, 0.6) is 0 Å². The number of carbonyl (C=O) groups is 2. The number of fused-ring (bicyclic) bond motifs is 2. The zero-order valence-electron chi connectivity index (χ0n) is 32.9. The van der Waals surface area contributed by atoms with Gasteiger partial charge in [0, 0.05) is 46.5 Å². The van der Waals surface area contributed by atoms with Crippen molar-refractivity contribution in [1.82, 2.24) is 39.5 Å². The maximum absolute atomic E-state index is 12.1. The summed E-state index contributed by atoms with van der Waals surface area (Å²) in [6, 6.07) is 17.1. The summed E-state index contributed by atoms with van der Waals surface area (Å²) < 4.78 is 24.0. The fourth-order valence-electron chi connectivity index (χ4n) is 5.72. The quantitative estimate of drug-likeness (QED) is 0.151. The van der Waals surface area contributed by atoms with Crippen molar-refractivity contribution in [2.45, 2.75) is 72.9 Å². The molecule has 298 valence electrons. The molecular weight excluding hydrogens is 764 g/mol. The summed E-state index contributed by atoms with van der Waals surface area (Å²) in [7, 11) is 0. The molecule has 8 rings (SSSR count). The molecule has 6 heterocycles. The maximum Gasteiger partial charge on any atom is 0.435 e. The number of benzene rings is 2. The Labute approximate surface area is 338 Å². The van der Waals surface area contributed by atoms with Crippen LogP contribution < -0.4 is 10.6 Å². The van der Waals surface area contributed by atoms with E-state index in [1.165, 1.54) is 15.6 Å². The van der Waals surface area contributed by atoms with E-state index in [0.29, 0.717) is 36.0 Å². The normalized spacial score (nSPS) is 12.4. The van der Waals surface area contributed by atoms with Crippen molar-refractivity contribution >= 4 is 57.9 Å². The average molecular weight is 805 g/mol. The molecule has 0 bridgehead atoms. The number of carbonyl (C=O) groups excluding carboxylic acids is 2. The van der Waals surface area contributed by atoms with Gasteiger partial charge in [-0.2, -0.15) is 24.5 Å². The number of anilines is 4. The lowest BCUT2D eigenvalue weighted by Crippen LogP contribution is -2.27. The van der Waals surface area contributed by atoms with Gasteiger partial charge in [0.05, 0.1) is 37.6 Å². The summed E-state index contributed by atoms with van der Waals surface area (Å²) in [6.07, 6.45) is 7.06. The standard InChI is InChI=1S/C21H23N5O3.C20H18ClN5O3/c1-13-23-18-12-28-11-17(18)19(24-13)25-16-7-5-14(6-8-16)15-9-22-26(10-15)20(27)29-21(2,3)4;1-20(2,3)29-19(27)26-11-13(10-22-26)12-4-6-14(7-5-12)23-17-16-15(8-9-28-16)24-18(21)25-17/h5-10H,11-12H2,1-4H3,(H,23,24,25);4-11H,1-3H3,(H,23,24,25). The van der Waals surface area contributed by atoms with Crippen LogP contribution in [0.3, 0.4) is 0 Å². The first-order valence-electron chi connectivity index (χ1n) is 18.2. The van der Waals surface area contributed by atoms with E-state index >= 15 is 0 Å². The van der Waals surface area contributed by atoms with E-state index in [1.54, 1.807) is 30.9 Å². The van der Waals surface area contributed by atoms with Gasteiger partial charge in [-0.15, -0.1) is 0 Å². The molecule has 0 saturated carbocycles. The Morgan fingerprint density at radius 2 is 1.22 bits per heavy atom. The number of nitrogens with one attached hydrogen (secondary N) is 2. The number of nitrogens with zero attached hydrogens (tertiary/aromatic N) is 8. The van der Waals surface area contributed by atoms with Gasteiger partial charge in [-0.05, 0) is 95.5 Å². The minimum atomic E-state index is -0.584. The largest absolute Gasteiger partial charge is 0.459 e. The molecule has 7 aromatic rings. The molecule has 2 N–H and O–H groups in total. The van der Waals surface area contributed by atoms with E-state index < -0.39 is 23.4 Å². The van der Waals surface area contributed by atoms with Crippen LogP contribution in [0.1, 0.15) is 58.6 Å². The third-order valence-electron chi connectivity index (χ3n) is 8.25. The summed E-state index contributed by atoms with van der Waals surface area (Å²) in [6.45, 7) is 13.8.